The van der Waals surface area contributed by atoms with Crippen molar-refractivity contribution < 1.29 is 0 Å². The average molecular weight is 330 g/mol. The summed E-state index contributed by atoms with van der Waals surface area (Å²) in [7, 11) is 0. The van der Waals surface area contributed by atoms with E-state index in [1.165, 1.54) is 65.3 Å². The van der Waals surface area contributed by atoms with Crippen molar-refractivity contribution in [2.75, 3.05) is 0 Å². The molecule has 7 aromatic rings. The number of aromatic nitrogens is 2. The van der Waals surface area contributed by atoms with Gasteiger partial charge in [-0.3, -0.25) is 0 Å². The van der Waals surface area contributed by atoms with Crippen LogP contribution in [0.5, 0.6) is 0 Å². The Morgan fingerprint density at radius 1 is 0.538 bits per heavy atom. The summed E-state index contributed by atoms with van der Waals surface area (Å²) in [6.45, 7) is 0. The van der Waals surface area contributed by atoms with Crippen LogP contribution in [0.4, 0.5) is 0 Å². The number of rotatable bonds is 1. The van der Waals surface area contributed by atoms with Gasteiger partial charge in [0.25, 0.3) is 0 Å². The zero-order valence-corrected chi connectivity index (χ0v) is 13.9. The first-order valence-corrected chi connectivity index (χ1v) is 8.96. The van der Waals surface area contributed by atoms with Crippen LogP contribution in [0.15, 0.2) is 73.1 Å². The molecule has 2 nitrogen and oxygen atoms in total. The lowest BCUT2D eigenvalue weighted by Crippen LogP contribution is -1.90. The van der Waals surface area contributed by atoms with Crippen LogP contribution < -0.4 is 0 Å². The predicted octanol–water partition coefficient (Wildman–Crippen LogP) is 6.65. The molecule has 0 unspecified atom stereocenters. The standard InChI is InChI=1S/C24H14N2/c1-2-20(25-10-1)15-6-3-13-4-8-18-22-14(5-7-16(15)21(13)22)12-19-17-9-11-26-24(17)23(18)19/h1-12,25-26H. The van der Waals surface area contributed by atoms with Gasteiger partial charge in [-0.2, -0.15) is 0 Å². The zero-order chi connectivity index (χ0) is 16.8. The Labute approximate surface area is 148 Å². The first-order valence-electron chi connectivity index (χ1n) is 8.96. The van der Waals surface area contributed by atoms with Crippen LogP contribution in [0.25, 0.3) is 65.3 Å². The number of fused-ring (bicyclic) bond motifs is 5. The van der Waals surface area contributed by atoms with Crippen molar-refractivity contribution in [1.82, 2.24) is 9.97 Å². The minimum atomic E-state index is 1.17. The molecule has 2 N–H and O–H groups in total. The number of hydrogen-bond acceptors (Lipinski definition) is 0. The molecule has 0 saturated heterocycles. The van der Waals surface area contributed by atoms with E-state index in [1.807, 2.05) is 12.4 Å². The fraction of sp³-hybridized carbons (Fsp3) is 0. The van der Waals surface area contributed by atoms with E-state index in [0.29, 0.717) is 0 Å². The van der Waals surface area contributed by atoms with Crippen LogP contribution >= 0.6 is 0 Å². The minimum absolute atomic E-state index is 1.17. The molecule has 0 amide bonds. The zero-order valence-electron chi connectivity index (χ0n) is 13.9. The van der Waals surface area contributed by atoms with Crippen molar-refractivity contribution >= 4 is 54.0 Å². The van der Waals surface area contributed by atoms with Gasteiger partial charge >= 0.3 is 0 Å². The Morgan fingerprint density at radius 2 is 1.38 bits per heavy atom. The molecule has 26 heavy (non-hydrogen) atoms. The van der Waals surface area contributed by atoms with Gasteiger partial charge in [0, 0.05) is 34.4 Å². The molecule has 0 saturated carbocycles. The van der Waals surface area contributed by atoms with Crippen LogP contribution in [0, 0.1) is 0 Å². The third kappa shape index (κ3) is 1.33. The third-order valence-corrected chi connectivity index (χ3v) is 5.96. The van der Waals surface area contributed by atoms with Crippen molar-refractivity contribution in [3.05, 3.63) is 73.1 Å². The molecule has 0 radical (unpaired) electrons. The molecular weight excluding hydrogens is 316 g/mol. The van der Waals surface area contributed by atoms with E-state index < -0.39 is 0 Å². The second kappa shape index (κ2) is 4.17. The molecular formula is C24H14N2. The highest BCUT2D eigenvalue weighted by Gasteiger charge is 2.18. The van der Waals surface area contributed by atoms with Crippen molar-refractivity contribution in [2.45, 2.75) is 0 Å². The van der Waals surface area contributed by atoms with E-state index in [1.54, 1.807) is 0 Å². The summed E-state index contributed by atoms with van der Waals surface area (Å²) < 4.78 is 0. The maximum atomic E-state index is 3.41. The Morgan fingerprint density at radius 3 is 2.31 bits per heavy atom. The molecule has 0 fully saturated rings. The van der Waals surface area contributed by atoms with E-state index in [2.05, 4.69) is 70.6 Å². The van der Waals surface area contributed by atoms with Crippen LogP contribution in [0.3, 0.4) is 0 Å². The number of hydrogen-bond donors (Lipinski definition) is 2. The lowest BCUT2D eigenvalue weighted by atomic mass is 9.86. The summed E-state index contributed by atoms with van der Waals surface area (Å²) in [6.07, 6.45) is 4.03. The molecule has 2 heteroatoms. The largest absolute Gasteiger partial charge is 0.361 e. The lowest BCUT2D eigenvalue weighted by molar-refractivity contribution is 1.41. The topological polar surface area (TPSA) is 31.6 Å². The first-order chi connectivity index (χ1) is 12.9. The normalized spacial score (nSPS) is 12.6. The Hall–Kier alpha value is -3.52. The quantitative estimate of drug-likeness (QED) is 0.316. The maximum Gasteiger partial charge on any atom is 0.0546 e. The second-order valence-electron chi connectivity index (χ2n) is 7.18. The van der Waals surface area contributed by atoms with Crippen LogP contribution in [0.1, 0.15) is 0 Å². The predicted molar refractivity (Wildman–Crippen MR) is 110 cm³/mol. The van der Waals surface area contributed by atoms with Gasteiger partial charge < -0.3 is 9.97 Å². The van der Waals surface area contributed by atoms with E-state index >= 15 is 0 Å². The highest BCUT2D eigenvalue weighted by molar-refractivity contribution is 6.39. The summed E-state index contributed by atoms with van der Waals surface area (Å²) in [5.41, 5.74) is 3.71. The van der Waals surface area contributed by atoms with Gasteiger partial charge in [0.15, 0.2) is 0 Å². The first kappa shape index (κ1) is 12.8. The highest BCUT2D eigenvalue weighted by Crippen LogP contribution is 2.46. The summed E-state index contributed by atoms with van der Waals surface area (Å²) >= 11 is 0. The fourth-order valence-electron chi connectivity index (χ4n) is 4.83. The van der Waals surface area contributed by atoms with Crippen LogP contribution in [0.2, 0.25) is 0 Å². The Bertz CT molecular complexity index is 1560. The van der Waals surface area contributed by atoms with E-state index in [-0.39, 0.29) is 0 Å². The van der Waals surface area contributed by atoms with Gasteiger partial charge in [0.05, 0.1) is 5.52 Å². The molecule has 0 bridgehead atoms. The molecule has 0 spiro atoms. The molecule has 5 aromatic carbocycles. The van der Waals surface area contributed by atoms with Gasteiger partial charge in [-0.25, -0.2) is 0 Å². The molecule has 7 rings (SSSR count). The van der Waals surface area contributed by atoms with Gasteiger partial charge in [-0.05, 0) is 62.0 Å². The Kier molecular flexibility index (Phi) is 2.05. The van der Waals surface area contributed by atoms with Crippen molar-refractivity contribution in [1.29, 1.82) is 0 Å². The average Bonchev–Trinajstić information content (AvgIpc) is 3.33. The van der Waals surface area contributed by atoms with Gasteiger partial charge in [-0.1, -0.05) is 36.4 Å². The van der Waals surface area contributed by atoms with Crippen LogP contribution in [-0.4, -0.2) is 9.97 Å². The van der Waals surface area contributed by atoms with Crippen molar-refractivity contribution in [3.63, 3.8) is 0 Å². The van der Waals surface area contributed by atoms with Gasteiger partial charge in [0.2, 0.25) is 0 Å². The molecule has 2 heterocycles. The molecule has 2 aromatic heterocycles. The molecule has 0 aliphatic carbocycles. The van der Waals surface area contributed by atoms with Crippen LogP contribution in [-0.2, 0) is 0 Å². The van der Waals surface area contributed by atoms with Gasteiger partial charge in [0.1, 0.15) is 0 Å². The highest BCUT2D eigenvalue weighted by atomic mass is 14.7. The SMILES string of the molecule is c1c[nH]c(-c2ccc3ccc4c5c(cc6ccc2c3c64)c2cc[nH]c25)c1. The molecule has 0 atom stereocenters. The third-order valence-electron chi connectivity index (χ3n) is 5.96. The van der Waals surface area contributed by atoms with E-state index in [4.69, 9.17) is 0 Å². The maximum absolute atomic E-state index is 3.41. The molecule has 0 aliphatic rings. The van der Waals surface area contributed by atoms with Crippen molar-refractivity contribution in [3.8, 4) is 11.3 Å². The summed E-state index contributed by atoms with van der Waals surface area (Å²) in [6, 6.07) is 22.3. The fourth-order valence-corrected chi connectivity index (χ4v) is 4.83. The summed E-state index contributed by atoms with van der Waals surface area (Å²) in [5, 5.41) is 12.1. The monoisotopic (exact) mass is 330 g/mol. The second-order valence-corrected chi connectivity index (χ2v) is 7.18. The number of nitrogens with one attached hydrogen (secondary N) is 2. The number of aromatic amines is 2. The van der Waals surface area contributed by atoms with Gasteiger partial charge in [-0.15, -0.1) is 0 Å². The Balaban J connectivity index is 1.76. The van der Waals surface area contributed by atoms with E-state index in [0.717, 1.165) is 0 Å². The lowest BCUT2D eigenvalue weighted by Gasteiger charge is -2.17. The molecule has 120 valence electrons. The smallest absolute Gasteiger partial charge is 0.0546 e. The van der Waals surface area contributed by atoms with E-state index in [9.17, 15) is 0 Å². The number of benzene rings is 4. The summed E-state index contributed by atoms with van der Waals surface area (Å²) in [5.74, 6) is 0. The van der Waals surface area contributed by atoms with Crippen molar-refractivity contribution in [2.24, 2.45) is 0 Å². The molecule has 0 aliphatic heterocycles. The number of H-pyrrole nitrogens is 2. The summed E-state index contributed by atoms with van der Waals surface area (Å²) in [4.78, 5) is 6.78. The minimum Gasteiger partial charge on any atom is -0.361 e.